The maximum absolute atomic E-state index is 12.9. The highest BCUT2D eigenvalue weighted by molar-refractivity contribution is 7.18. The molecule has 1 aliphatic carbocycles. The lowest BCUT2D eigenvalue weighted by Crippen LogP contribution is -2.48. The van der Waals surface area contributed by atoms with Gasteiger partial charge in [0.25, 0.3) is 11.5 Å². The number of fused-ring (bicyclic) bond motifs is 3. The smallest absolute Gasteiger partial charge is 0.259 e. The number of carbonyl (C=O) groups excluding carboxylic acids is 1. The Labute approximate surface area is 185 Å². The minimum Gasteiger partial charge on any atom is -0.336 e. The second-order valence-electron chi connectivity index (χ2n) is 8.77. The van der Waals surface area contributed by atoms with E-state index in [9.17, 15) is 9.59 Å². The molecule has 162 valence electrons. The summed E-state index contributed by atoms with van der Waals surface area (Å²) >= 11 is 1.69. The first-order valence-corrected chi connectivity index (χ1v) is 11.9. The summed E-state index contributed by atoms with van der Waals surface area (Å²) in [4.78, 5) is 39.9. The quantitative estimate of drug-likeness (QED) is 0.683. The molecule has 31 heavy (non-hydrogen) atoms. The van der Waals surface area contributed by atoms with Gasteiger partial charge in [-0.05, 0) is 68.4 Å². The summed E-state index contributed by atoms with van der Waals surface area (Å²) in [6.07, 6.45) is 4.43. The van der Waals surface area contributed by atoms with Gasteiger partial charge in [0.05, 0.1) is 11.9 Å². The van der Waals surface area contributed by atoms with Crippen LogP contribution in [0.4, 0.5) is 0 Å². The number of hydrogen-bond acceptors (Lipinski definition) is 5. The standard InChI is InChI=1S/C24H28N4O2S/c1-15-7-8-17(13-16(15)2)24(30)28-11-9-27(10-12-28)14-20-25-22(29)21-18-5-3-4-6-19(18)31-23(21)26-20/h7-8,13H,3-6,9-12,14H2,1-2H3,(H,25,26,29). The van der Waals surface area contributed by atoms with Crippen LogP contribution in [0.2, 0.25) is 0 Å². The summed E-state index contributed by atoms with van der Waals surface area (Å²) in [5.74, 6) is 0.824. The van der Waals surface area contributed by atoms with Crippen LogP contribution in [-0.2, 0) is 19.4 Å². The predicted molar refractivity (Wildman–Crippen MR) is 124 cm³/mol. The fraction of sp³-hybridized carbons (Fsp3) is 0.458. The first-order chi connectivity index (χ1) is 15.0. The molecule has 5 rings (SSSR count). The Hall–Kier alpha value is -2.51. The van der Waals surface area contributed by atoms with Gasteiger partial charge >= 0.3 is 0 Å². The molecule has 1 aliphatic heterocycles. The largest absolute Gasteiger partial charge is 0.336 e. The number of aromatic nitrogens is 2. The first-order valence-electron chi connectivity index (χ1n) is 11.1. The van der Waals surface area contributed by atoms with Gasteiger partial charge in [-0.25, -0.2) is 4.98 Å². The van der Waals surface area contributed by atoms with Crippen LogP contribution in [0.3, 0.4) is 0 Å². The number of carbonyl (C=O) groups is 1. The molecule has 0 spiro atoms. The van der Waals surface area contributed by atoms with Crippen molar-refractivity contribution in [1.82, 2.24) is 19.8 Å². The summed E-state index contributed by atoms with van der Waals surface area (Å²) < 4.78 is 0. The van der Waals surface area contributed by atoms with E-state index in [0.29, 0.717) is 19.6 Å². The lowest BCUT2D eigenvalue weighted by Gasteiger charge is -2.34. The highest BCUT2D eigenvalue weighted by Gasteiger charge is 2.24. The zero-order valence-corrected chi connectivity index (χ0v) is 19.0. The van der Waals surface area contributed by atoms with Crippen molar-refractivity contribution < 1.29 is 4.79 Å². The maximum atomic E-state index is 12.9. The van der Waals surface area contributed by atoms with Crippen molar-refractivity contribution in [3.05, 3.63) is 61.5 Å². The molecule has 0 saturated carbocycles. The lowest BCUT2D eigenvalue weighted by molar-refractivity contribution is 0.0625. The van der Waals surface area contributed by atoms with Crippen molar-refractivity contribution >= 4 is 27.5 Å². The molecule has 0 bridgehead atoms. The molecular formula is C24H28N4O2S. The minimum atomic E-state index is 0.00274. The SMILES string of the molecule is Cc1ccc(C(=O)N2CCN(Cc3nc4sc5c(c4c(=O)[nH]3)CCCC5)CC2)cc1C. The van der Waals surface area contributed by atoms with Crippen LogP contribution in [0.25, 0.3) is 10.2 Å². The number of benzene rings is 1. The van der Waals surface area contributed by atoms with Crippen molar-refractivity contribution in [2.24, 2.45) is 0 Å². The van der Waals surface area contributed by atoms with Gasteiger partial charge < -0.3 is 9.88 Å². The summed E-state index contributed by atoms with van der Waals surface area (Å²) in [5, 5.41) is 0.812. The number of aryl methyl sites for hydroxylation is 4. The van der Waals surface area contributed by atoms with Crippen LogP contribution in [-0.4, -0.2) is 51.9 Å². The monoisotopic (exact) mass is 436 g/mol. The van der Waals surface area contributed by atoms with E-state index < -0.39 is 0 Å². The molecule has 3 aromatic rings. The van der Waals surface area contributed by atoms with Gasteiger partial charge in [0.15, 0.2) is 0 Å². The molecule has 1 saturated heterocycles. The summed E-state index contributed by atoms with van der Waals surface area (Å²) in [7, 11) is 0. The molecule has 7 heteroatoms. The number of nitrogens with zero attached hydrogens (tertiary/aromatic N) is 3. The molecule has 1 N–H and O–H groups in total. The lowest BCUT2D eigenvalue weighted by atomic mass is 9.97. The van der Waals surface area contributed by atoms with E-state index in [2.05, 4.69) is 16.8 Å². The molecule has 0 atom stereocenters. The number of hydrogen-bond donors (Lipinski definition) is 1. The molecular weight excluding hydrogens is 408 g/mol. The summed E-state index contributed by atoms with van der Waals surface area (Å²) in [6, 6.07) is 5.91. The highest BCUT2D eigenvalue weighted by Crippen LogP contribution is 2.33. The second-order valence-corrected chi connectivity index (χ2v) is 9.85. The van der Waals surface area contributed by atoms with Gasteiger partial charge in [0.2, 0.25) is 0 Å². The molecule has 3 heterocycles. The van der Waals surface area contributed by atoms with E-state index in [4.69, 9.17) is 4.98 Å². The Morgan fingerprint density at radius 2 is 1.87 bits per heavy atom. The third-order valence-corrected chi connectivity index (χ3v) is 7.85. The van der Waals surface area contributed by atoms with Gasteiger partial charge in [-0.3, -0.25) is 14.5 Å². The van der Waals surface area contributed by atoms with E-state index in [-0.39, 0.29) is 11.5 Å². The fourth-order valence-electron chi connectivity index (χ4n) is 4.66. The number of H-pyrrole nitrogens is 1. The van der Waals surface area contributed by atoms with Gasteiger partial charge in [-0.1, -0.05) is 6.07 Å². The van der Waals surface area contributed by atoms with E-state index >= 15 is 0 Å². The van der Waals surface area contributed by atoms with Crippen LogP contribution in [0.1, 0.15) is 50.6 Å². The Morgan fingerprint density at radius 1 is 1.10 bits per heavy atom. The highest BCUT2D eigenvalue weighted by atomic mass is 32.1. The number of nitrogens with one attached hydrogen (secondary N) is 1. The zero-order chi connectivity index (χ0) is 21.5. The second kappa shape index (κ2) is 8.20. The van der Waals surface area contributed by atoms with Crippen molar-refractivity contribution in [1.29, 1.82) is 0 Å². The number of piperazine rings is 1. The first kappa shape index (κ1) is 20.4. The van der Waals surface area contributed by atoms with Crippen molar-refractivity contribution in [3.63, 3.8) is 0 Å². The van der Waals surface area contributed by atoms with E-state index in [1.54, 1.807) is 11.3 Å². The van der Waals surface area contributed by atoms with Crippen molar-refractivity contribution in [2.45, 2.75) is 46.1 Å². The van der Waals surface area contributed by atoms with E-state index in [1.165, 1.54) is 22.4 Å². The molecule has 0 radical (unpaired) electrons. The Balaban J connectivity index is 1.26. The molecule has 1 aromatic carbocycles. The van der Waals surface area contributed by atoms with E-state index in [0.717, 1.165) is 59.5 Å². The van der Waals surface area contributed by atoms with Gasteiger partial charge in [0.1, 0.15) is 10.7 Å². The summed E-state index contributed by atoms with van der Waals surface area (Å²) in [6.45, 7) is 7.64. The van der Waals surface area contributed by atoms with Crippen molar-refractivity contribution in [3.8, 4) is 0 Å². The zero-order valence-electron chi connectivity index (χ0n) is 18.2. The minimum absolute atomic E-state index is 0.00274. The van der Waals surface area contributed by atoms with Crippen LogP contribution >= 0.6 is 11.3 Å². The maximum Gasteiger partial charge on any atom is 0.259 e. The van der Waals surface area contributed by atoms with Crippen LogP contribution in [0.5, 0.6) is 0 Å². The van der Waals surface area contributed by atoms with Crippen molar-refractivity contribution in [2.75, 3.05) is 26.2 Å². The molecule has 0 unspecified atom stereocenters. The van der Waals surface area contributed by atoms with E-state index in [1.807, 2.05) is 30.0 Å². The topological polar surface area (TPSA) is 69.3 Å². The van der Waals surface area contributed by atoms with Crippen LogP contribution in [0.15, 0.2) is 23.0 Å². The third-order valence-electron chi connectivity index (χ3n) is 6.66. The molecule has 6 nitrogen and oxygen atoms in total. The molecule has 2 aromatic heterocycles. The van der Waals surface area contributed by atoms with Crippen LogP contribution < -0.4 is 5.56 Å². The molecule has 1 amide bonds. The third kappa shape index (κ3) is 3.92. The number of thiophene rings is 1. The van der Waals surface area contributed by atoms with Gasteiger partial charge in [0, 0.05) is 36.6 Å². The number of rotatable bonds is 3. The number of amides is 1. The predicted octanol–water partition coefficient (Wildman–Crippen LogP) is 3.44. The summed E-state index contributed by atoms with van der Waals surface area (Å²) in [5.41, 5.74) is 4.33. The normalized spacial score (nSPS) is 17.2. The van der Waals surface area contributed by atoms with Crippen LogP contribution in [0, 0.1) is 13.8 Å². The average Bonchev–Trinajstić information content (AvgIpc) is 3.14. The fourth-order valence-corrected chi connectivity index (χ4v) is 5.94. The van der Waals surface area contributed by atoms with Gasteiger partial charge in [-0.15, -0.1) is 11.3 Å². The average molecular weight is 437 g/mol. The van der Waals surface area contributed by atoms with Gasteiger partial charge in [-0.2, -0.15) is 0 Å². The Kier molecular flexibility index (Phi) is 5.40. The Bertz CT molecular complexity index is 1200. The Morgan fingerprint density at radius 3 is 2.65 bits per heavy atom. The molecule has 2 aliphatic rings. The number of aromatic amines is 1. The molecule has 1 fully saturated rings.